The van der Waals surface area contributed by atoms with Crippen LogP contribution in [0.2, 0.25) is 0 Å². The third kappa shape index (κ3) is 8.28. The molecule has 2 radical (unpaired) electrons. The van der Waals surface area contributed by atoms with Gasteiger partial charge in [0.2, 0.25) is 0 Å². The van der Waals surface area contributed by atoms with E-state index in [4.69, 9.17) is 19.3 Å². The van der Waals surface area contributed by atoms with Crippen molar-refractivity contribution in [2.24, 2.45) is 0 Å². The van der Waals surface area contributed by atoms with Gasteiger partial charge >= 0.3 is 83.5 Å². The maximum atomic E-state index is 9.94. The first-order valence-electron chi connectivity index (χ1n) is 7.08. The first kappa shape index (κ1) is 37.5. The van der Waals surface area contributed by atoms with Gasteiger partial charge in [-0.05, 0) is 0 Å². The van der Waals surface area contributed by atoms with Gasteiger partial charge in [0.05, 0.1) is 13.2 Å². The zero-order valence-corrected chi connectivity index (χ0v) is 20.5. The van der Waals surface area contributed by atoms with E-state index in [1.807, 2.05) is 0 Å². The number of aliphatic hydroxyl groups is 8. The maximum Gasteiger partial charge on any atom is 3.00 e. The molecule has 2 aliphatic heterocycles. The average Bonchev–Trinajstić information content (AvgIpc) is 2.55. The third-order valence-electron chi connectivity index (χ3n) is 3.98. The van der Waals surface area contributed by atoms with Crippen LogP contribution in [0.4, 0.5) is 0 Å². The van der Waals surface area contributed by atoms with Crippen molar-refractivity contribution in [2.75, 3.05) is 13.2 Å². The topological polar surface area (TPSA) is 275 Å². The molecule has 162 valence electrons. The van der Waals surface area contributed by atoms with Crippen LogP contribution in [-0.2, 0) is 30.6 Å². The van der Waals surface area contributed by atoms with Gasteiger partial charge in [-0.15, -0.1) is 0 Å². The molecule has 2 saturated heterocycles. The first-order chi connectivity index (χ1) is 10.8. The van der Waals surface area contributed by atoms with E-state index >= 15 is 0 Å². The van der Waals surface area contributed by atoms with Crippen molar-refractivity contribution < 1.29 is 155 Å². The minimum absolute atomic E-state index is 0. The van der Waals surface area contributed by atoms with Gasteiger partial charge in [-0.1, -0.05) is 0 Å². The largest absolute Gasteiger partial charge is 3.00 e. The van der Waals surface area contributed by atoms with Crippen LogP contribution in [0, 0.1) is 83.5 Å². The van der Waals surface area contributed by atoms with E-state index in [0.717, 1.165) is 0 Å². The van der Waals surface area contributed by atoms with Crippen molar-refractivity contribution in [3.05, 3.63) is 0 Å². The number of ether oxygens (including phenoxy) is 3. The second kappa shape index (κ2) is 16.8. The maximum absolute atomic E-state index is 9.94. The molecule has 0 aromatic heterocycles. The molecule has 2 rings (SSSR count). The van der Waals surface area contributed by atoms with Crippen LogP contribution in [-0.4, -0.2) is 115 Å². The van der Waals surface area contributed by atoms with Gasteiger partial charge in [-0.25, -0.2) is 0 Å². The van der Waals surface area contributed by atoms with E-state index in [0.29, 0.717) is 0 Å². The fourth-order valence-corrected chi connectivity index (χ4v) is 2.57. The summed E-state index contributed by atoms with van der Waals surface area (Å²) in [6.45, 7) is -1.35. The molecule has 0 aliphatic carbocycles. The zero-order chi connectivity index (χ0) is 17.3. The van der Waals surface area contributed by atoms with E-state index < -0.39 is 74.6 Å². The monoisotopic (exact) mass is 670 g/mol. The number of aliphatic hydroxyl groups excluding tert-OH is 8. The van der Waals surface area contributed by atoms with E-state index in [2.05, 4.69) is 0 Å². The summed E-state index contributed by atoms with van der Waals surface area (Å²) in [7, 11) is 0. The molecule has 16 heteroatoms. The van der Waals surface area contributed by atoms with Gasteiger partial charge < -0.3 is 71.5 Å². The Hall–Kier alpha value is 2.19. The Labute approximate surface area is 227 Å². The Morgan fingerprint density at radius 2 is 1.11 bits per heavy atom. The van der Waals surface area contributed by atoms with E-state index in [-0.39, 0.29) is 99.9 Å². The van der Waals surface area contributed by atoms with Crippen LogP contribution < -0.4 is 0 Å². The smallest absolute Gasteiger partial charge is 2.00 e. The summed E-state index contributed by atoms with van der Waals surface area (Å²) in [6.07, 6.45) is -15.6. The molecule has 0 spiro atoms. The molecular weight excluding hydrogens is 648 g/mol. The van der Waals surface area contributed by atoms with Gasteiger partial charge in [0.15, 0.2) is 12.6 Å². The average molecular weight is 671 g/mol. The van der Waals surface area contributed by atoms with Crippen LogP contribution in [0.15, 0.2) is 0 Å². The molecule has 0 aromatic carbocycles. The van der Waals surface area contributed by atoms with Gasteiger partial charge in [0.1, 0.15) is 48.8 Å². The fraction of sp³-hybridized carbons (Fsp3) is 1.00. The van der Waals surface area contributed by atoms with Crippen LogP contribution >= 0.6 is 0 Å². The second-order valence-corrected chi connectivity index (χ2v) is 5.53. The molecule has 2 heterocycles. The Balaban J connectivity index is -0.000000576. The zero-order valence-electron chi connectivity index (χ0n) is 14.2. The summed E-state index contributed by atoms with van der Waals surface area (Å²) in [5.74, 6) is 0. The summed E-state index contributed by atoms with van der Waals surface area (Å²) >= 11 is 0. The number of hydrogen-bond acceptors (Lipinski definition) is 11. The van der Waals surface area contributed by atoms with Crippen molar-refractivity contribution in [1.82, 2.24) is 0 Å². The summed E-state index contributed by atoms with van der Waals surface area (Å²) in [6, 6.07) is 0. The number of hydrogen-bond donors (Lipinski definition) is 8. The summed E-state index contributed by atoms with van der Waals surface area (Å²) in [5, 5.41) is 76.5. The minimum atomic E-state index is -1.74. The summed E-state index contributed by atoms with van der Waals surface area (Å²) in [5.41, 5.74) is 0. The van der Waals surface area contributed by atoms with Crippen molar-refractivity contribution in [3.8, 4) is 0 Å². The molecule has 14 nitrogen and oxygen atoms in total. The summed E-state index contributed by atoms with van der Waals surface area (Å²) < 4.78 is 15.3. The molecule has 8 N–H and O–H groups in total. The molecule has 0 amide bonds. The SMILES string of the molecule is OC[C@H]1O[C@@H](O[C@H]2[C@H](O)[C@@H](O)C(O)O[C@@H]2CO)[C@H](O)[C@@H](O)[C@H]1O.[Ce+3].[Ce+3].[O-2].[O-2].[O-2]. The molecule has 28 heavy (non-hydrogen) atoms. The molecule has 0 saturated carbocycles. The normalized spacial score (nSPS) is 42.4. The van der Waals surface area contributed by atoms with Gasteiger partial charge in [0, 0.05) is 0 Å². The van der Waals surface area contributed by atoms with Gasteiger partial charge in [-0.3, -0.25) is 0 Å². The molecule has 0 bridgehead atoms. The Bertz CT molecular complexity index is 391. The minimum Gasteiger partial charge on any atom is -2.00 e. The summed E-state index contributed by atoms with van der Waals surface area (Å²) in [4.78, 5) is 0. The van der Waals surface area contributed by atoms with Crippen molar-refractivity contribution >= 4 is 0 Å². The van der Waals surface area contributed by atoms with Gasteiger partial charge in [-0.2, -0.15) is 0 Å². The van der Waals surface area contributed by atoms with Crippen LogP contribution in [0.1, 0.15) is 0 Å². The Kier molecular flexibility index (Phi) is 22.5. The van der Waals surface area contributed by atoms with Crippen LogP contribution in [0.3, 0.4) is 0 Å². The van der Waals surface area contributed by atoms with Crippen LogP contribution in [0.5, 0.6) is 0 Å². The standard InChI is InChI=1S/C12H22O11.2Ce.3O/c13-1-3-5(15)6(16)9(19)12(22-3)23-10-4(2-14)21-11(20)8(18)7(10)17;;;;;/h3-20H,1-2H2;;;;;/q;2*+3;3*-2/t3-,4-,5+,6+,7-,8-,9-,10-,11?,12+;;;;;/m1...../s1. The molecular formula is C12H22Ce2O14. The van der Waals surface area contributed by atoms with E-state index in [1.165, 1.54) is 0 Å². The van der Waals surface area contributed by atoms with Crippen molar-refractivity contribution in [2.45, 2.75) is 61.4 Å². The molecule has 2 aliphatic rings. The third-order valence-corrected chi connectivity index (χ3v) is 3.98. The van der Waals surface area contributed by atoms with Crippen molar-refractivity contribution in [1.29, 1.82) is 0 Å². The fourth-order valence-electron chi connectivity index (χ4n) is 2.57. The van der Waals surface area contributed by atoms with Crippen LogP contribution in [0.25, 0.3) is 0 Å². The molecule has 2 fully saturated rings. The Morgan fingerprint density at radius 3 is 1.57 bits per heavy atom. The molecule has 1 unspecified atom stereocenters. The number of rotatable bonds is 4. The Morgan fingerprint density at radius 1 is 0.607 bits per heavy atom. The first-order valence-corrected chi connectivity index (χ1v) is 7.08. The van der Waals surface area contributed by atoms with E-state index in [9.17, 15) is 35.7 Å². The predicted molar refractivity (Wildman–Crippen MR) is 70.7 cm³/mol. The molecule has 0 aromatic rings. The quantitative estimate of drug-likeness (QED) is 0.140. The van der Waals surface area contributed by atoms with Gasteiger partial charge in [0.25, 0.3) is 0 Å². The second-order valence-electron chi connectivity index (χ2n) is 5.53. The molecule has 10 atom stereocenters. The van der Waals surface area contributed by atoms with Crippen molar-refractivity contribution in [3.63, 3.8) is 0 Å². The van der Waals surface area contributed by atoms with E-state index in [1.54, 1.807) is 0 Å². The predicted octanol–water partition coefficient (Wildman–Crippen LogP) is -5.75.